The lowest BCUT2D eigenvalue weighted by molar-refractivity contribution is 1.02. The number of hydrogen-bond acceptors (Lipinski definition) is 3. The summed E-state index contributed by atoms with van der Waals surface area (Å²) >= 11 is 5.32. The van der Waals surface area contributed by atoms with Crippen molar-refractivity contribution in [2.45, 2.75) is 0 Å². The highest BCUT2D eigenvalue weighted by Crippen LogP contribution is 2.35. The second-order valence-corrected chi connectivity index (χ2v) is 6.02. The third-order valence-corrected chi connectivity index (χ3v) is 5.47. The van der Waals surface area contributed by atoms with E-state index < -0.39 is 0 Å². The molecule has 2 heterocycles. The van der Waals surface area contributed by atoms with Gasteiger partial charge in [0, 0.05) is 18.0 Å². The Bertz CT molecular complexity index is 671. The van der Waals surface area contributed by atoms with Crippen LogP contribution in [0.3, 0.4) is 0 Å². The van der Waals surface area contributed by atoms with Crippen LogP contribution in [0.15, 0.2) is 24.3 Å². The summed E-state index contributed by atoms with van der Waals surface area (Å²) in [4.78, 5) is 0. The highest BCUT2D eigenvalue weighted by molar-refractivity contribution is 7.81. The van der Waals surface area contributed by atoms with E-state index in [2.05, 4.69) is 35.9 Å². The van der Waals surface area contributed by atoms with Crippen molar-refractivity contribution in [2.75, 3.05) is 0 Å². The maximum absolute atomic E-state index is 5.32. The van der Waals surface area contributed by atoms with Crippen LogP contribution in [0.1, 0.15) is 0 Å². The Morgan fingerprint density at radius 3 is 2.86 bits per heavy atom. The zero-order chi connectivity index (χ0) is 9.71. The fourth-order valence-electron chi connectivity index (χ4n) is 1.79. The molecule has 1 aromatic carbocycles. The van der Waals surface area contributed by atoms with E-state index in [1.54, 1.807) is 20.7 Å². The van der Waals surface area contributed by atoms with Crippen molar-refractivity contribution in [3.8, 4) is 0 Å². The zero-order valence-corrected chi connectivity index (χ0v) is 9.93. The van der Waals surface area contributed by atoms with Gasteiger partial charge >= 0.3 is 0 Å². The molecule has 4 heteroatoms. The molecule has 0 N–H and O–H groups in total. The van der Waals surface area contributed by atoms with Crippen molar-refractivity contribution in [1.82, 2.24) is 4.57 Å². The molecule has 0 amide bonds. The summed E-state index contributed by atoms with van der Waals surface area (Å²) in [5, 5.41) is 1.32. The SMILES string of the molecule is Cn1c2ccccc2c2ssc(=S)c21. The molecule has 0 saturated carbocycles. The van der Waals surface area contributed by atoms with E-state index in [1.165, 1.54) is 21.1 Å². The summed E-state index contributed by atoms with van der Waals surface area (Å²) < 4.78 is 4.53. The average Bonchev–Trinajstić information content (AvgIpc) is 2.70. The molecule has 14 heavy (non-hydrogen) atoms. The van der Waals surface area contributed by atoms with E-state index in [0.29, 0.717) is 0 Å². The van der Waals surface area contributed by atoms with Gasteiger partial charge in [0.15, 0.2) is 0 Å². The monoisotopic (exact) mass is 237 g/mol. The van der Waals surface area contributed by atoms with Gasteiger partial charge in [-0.1, -0.05) is 51.1 Å². The standard InChI is InChI=1S/C10H7NS3/c1-11-7-5-3-2-4-6(7)9-8(11)10(12)14-13-9/h2-5H,1H3. The van der Waals surface area contributed by atoms with Crippen LogP contribution in [0, 0.1) is 3.82 Å². The molecule has 3 aromatic rings. The molecule has 0 aliphatic carbocycles. The van der Waals surface area contributed by atoms with Crippen LogP contribution in [0.5, 0.6) is 0 Å². The topological polar surface area (TPSA) is 4.93 Å². The van der Waals surface area contributed by atoms with Crippen molar-refractivity contribution in [1.29, 1.82) is 0 Å². The predicted molar refractivity (Wildman–Crippen MR) is 67.0 cm³/mol. The molecular weight excluding hydrogens is 230 g/mol. The molecule has 0 radical (unpaired) electrons. The lowest BCUT2D eigenvalue weighted by Crippen LogP contribution is -1.84. The Hall–Kier alpha value is -0.710. The smallest absolute Gasteiger partial charge is 0.126 e. The lowest BCUT2D eigenvalue weighted by Gasteiger charge is -1.94. The summed E-state index contributed by atoms with van der Waals surface area (Å²) in [5.74, 6) is 0. The van der Waals surface area contributed by atoms with Crippen LogP contribution in [-0.4, -0.2) is 4.57 Å². The number of para-hydroxylation sites is 1. The summed E-state index contributed by atoms with van der Waals surface area (Å²) in [5.41, 5.74) is 2.49. The van der Waals surface area contributed by atoms with E-state index >= 15 is 0 Å². The van der Waals surface area contributed by atoms with E-state index in [9.17, 15) is 0 Å². The number of aryl methyl sites for hydroxylation is 1. The summed E-state index contributed by atoms with van der Waals surface area (Å²) in [7, 11) is 5.55. The van der Waals surface area contributed by atoms with Gasteiger partial charge in [-0.2, -0.15) is 0 Å². The van der Waals surface area contributed by atoms with Crippen LogP contribution < -0.4 is 0 Å². The van der Waals surface area contributed by atoms with Gasteiger partial charge in [-0.15, -0.1) is 0 Å². The molecule has 0 spiro atoms. The van der Waals surface area contributed by atoms with Gasteiger partial charge in [-0.25, -0.2) is 0 Å². The van der Waals surface area contributed by atoms with E-state index in [4.69, 9.17) is 12.2 Å². The van der Waals surface area contributed by atoms with Gasteiger partial charge in [-0.05, 0) is 6.07 Å². The van der Waals surface area contributed by atoms with Crippen molar-refractivity contribution in [3.63, 3.8) is 0 Å². The Morgan fingerprint density at radius 2 is 2.00 bits per heavy atom. The second kappa shape index (κ2) is 2.89. The molecule has 0 aliphatic heterocycles. The fraction of sp³-hybridized carbons (Fsp3) is 0.100. The van der Waals surface area contributed by atoms with Gasteiger partial charge in [0.2, 0.25) is 0 Å². The molecule has 0 saturated heterocycles. The van der Waals surface area contributed by atoms with Crippen molar-refractivity contribution in [3.05, 3.63) is 28.1 Å². The number of aromatic nitrogens is 1. The number of rotatable bonds is 0. The molecule has 0 atom stereocenters. The van der Waals surface area contributed by atoms with Crippen LogP contribution in [0.4, 0.5) is 0 Å². The molecule has 2 aromatic heterocycles. The van der Waals surface area contributed by atoms with Gasteiger partial charge in [0.05, 0.1) is 10.2 Å². The second-order valence-electron chi connectivity index (χ2n) is 3.21. The van der Waals surface area contributed by atoms with E-state index in [1.807, 2.05) is 0 Å². The maximum atomic E-state index is 5.32. The molecule has 3 rings (SSSR count). The third kappa shape index (κ3) is 0.960. The molecule has 1 nitrogen and oxygen atoms in total. The van der Waals surface area contributed by atoms with E-state index in [0.717, 1.165) is 3.82 Å². The number of fused-ring (bicyclic) bond motifs is 3. The normalized spacial score (nSPS) is 11.5. The Kier molecular flexibility index (Phi) is 1.77. The molecule has 0 fully saturated rings. The van der Waals surface area contributed by atoms with E-state index in [-0.39, 0.29) is 0 Å². The van der Waals surface area contributed by atoms with Gasteiger partial charge in [0.1, 0.15) is 3.82 Å². The maximum Gasteiger partial charge on any atom is 0.126 e. The first-order valence-corrected chi connectivity index (χ1v) is 6.81. The number of benzene rings is 1. The first kappa shape index (κ1) is 8.59. The highest BCUT2D eigenvalue weighted by atomic mass is 32.9. The predicted octanol–water partition coefficient (Wildman–Crippen LogP) is 4.18. The van der Waals surface area contributed by atoms with Crippen molar-refractivity contribution >= 4 is 54.0 Å². The molecule has 0 aliphatic rings. The Morgan fingerprint density at radius 1 is 1.21 bits per heavy atom. The van der Waals surface area contributed by atoms with Crippen LogP contribution >= 0.6 is 32.9 Å². The van der Waals surface area contributed by atoms with Crippen molar-refractivity contribution in [2.24, 2.45) is 7.05 Å². The van der Waals surface area contributed by atoms with Crippen LogP contribution in [0.2, 0.25) is 0 Å². The first-order valence-electron chi connectivity index (χ1n) is 4.25. The van der Waals surface area contributed by atoms with Gasteiger partial charge in [-0.3, -0.25) is 0 Å². The number of hydrogen-bond donors (Lipinski definition) is 0. The van der Waals surface area contributed by atoms with Gasteiger partial charge < -0.3 is 4.57 Å². The quantitative estimate of drug-likeness (QED) is 0.419. The average molecular weight is 237 g/mol. The molecule has 0 bridgehead atoms. The molecule has 0 unspecified atom stereocenters. The molecule has 70 valence electrons. The third-order valence-electron chi connectivity index (χ3n) is 2.45. The zero-order valence-electron chi connectivity index (χ0n) is 7.48. The summed E-state index contributed by atoms with van der Waals surface area (Å²) in [6.45, 7) is 0. The minimum absolute atomic E-state index is 1.00. The highest BCUT2D eigenvalue weighted by Gasteiger charge is 2.10. The minimum atomic E-state index is 1.00. The fourth-order valence-corrected chi connectivity index (χ4v) is 4.74. The lowest BCUT2D eigenvalue weighted by atomic mass is 10.2. The van der Waals surface area contributed by atoms with Gasteiger partial charge in [0.25, 0.3) is 0 Å². The molecular formula is C10H7NS3. The summed E-state index contributed by atoms with van der Waals surface area (Å²) in [6, 6.07) is 8.45. The summed E-state index contributed by atoms with van der Waals surface area (Å²) in [6.07, 6.45) is 0. The van der Waals surface area contributed by atoms with Crippen LogP contribution in [0.25, 0.3) is 21.1 Å². The Labute approximate surface area is 93.6 Å². The first-order chi connectivity index (χ1) is 6.79. The Balaban J connectivity index is 2.77. The number of nitrogens with zero attached hydrogens (tertiary/aromatic N) is 1. The van der Waals surface area contributed by atoms with Crippen LogP contribution in [-0.2, 0) is 7.05 Å². The van der Waals surface area contributed by atoms with Crippen molar-refractivity contribution < 1.29 is 0 Å². The largest absolute Gasteiger partial charge is 0.341 e. The minimum Gasteiger partial charge on any atom is -0.341 e.